The number of imidazole rings is 1. The second-order valence-corrected chi connectivity index (χ2v) is 6.45. The van der Waals surface area contributed by atoms with Gasteiger partial charge < -0.3 is 9.64 Å². The zero-order valence-electron chi connectivity index (χ0n) is 12.7. The van der Waals surface area contributed by atoms with E-state index in [-0.39, 0.29) is 6.10 Å². The zero-order valence-corrected chi connectivity index (χ0v) is 14.3. The first-order valence-corrected chi connectivity index (χ1v) is 8.30. The van der Waals surface area contributed by atoms with Gasteiger partial charge in [0.05, 0.1) is 11.0 Å². The lowest BCUT2D eigenvalue weighted by Gasteiger charge is -2.18. The number of halogens is 1. The van der Waals surface area contributed by atoms with Crippen molar-refractivity contribution in [2.24, 2.45) is 7.05 Å². The molecule has 0 amide bonds. The number of pyridine rings is 2. The summed E-state index contributed by atoms with van der Waals surface area (Å²) in [5.74, 6) is 1.78. The Balaban J connectivity index is 1.53. The molecule has 4 rings (SSSR count). The third-order valence-electron chi connectivity index (χ3n) is 4.06. The Morgan fingerprint density at radius 3 is 3.04 bits per heavy atom. The summed E-state index contributed by atoms with van der Waals surface area (Å²) in [6.45, 7) is 1.73. The van der Waals surface area contributed by atoms with E-state index in [1.807, 2.05) is 29.8 Å². The van der Waals surface area contributed by atoms with Gasteiger partial charge in [0.25, 0.3) is 0 Å². The molecule has 1 unspecified atom stereocenters. The largest absolute Gasteiger partial charge is 0.487 e. The van der Waals surface area contributed by atoms with Crippen LogP contribution in [0, 0.1) is 0 Å². The van der Waals surface area contributed by atoms with Crippen LogP contribution in [0.2, 0.25) is 0 Å². The van der Waals surface area contributed by atoms with Crippen molar-refractivity contribution in [3.05, 3.63) is 41.3 Å². The van der Waals surface area contributed by atoms with Crippen molar-refractivity contribution in [1.29, 1.82) is 0 Å². The molecule has 1 aliphatic rings. The summed E-state index contributed by atoms with van der Waals surface area (Å²) in [6, 6.07) is 5.78. The number of hydrogen-bond donors (Lipinski definition) is 0. The first-order valence-electron chi connectivity index (χ1n) is 7.51. The van der Waals surface area contributed by atoms with Crippen molar-refractivity contribution in [2.75, 3.05) is 18.0 Å². The molecule has 0 radical (unpaired) electrons. The van der Waals surface area contributed by atoms with E-state index in [4.69, 9.17) is 9.72 Å². The molecule has 0 saturated carbocycles. The summed E-state index contributed by atoms with van der Waals surface area (Å²) in [5.41, 5.74) is 1.83. The highest BCUT2D eigenvalue weighted by Crippen LogP contribution is 2.28. The summed E-state index contributed by atoms with van der Waals surface area (Å²) >= 11 is 3.47. The standard InChI is InChI=1S/C16H16BrN5O/c1-21-15-13(3-2-6-19-15)20-16(21)22-8-5-11(10-22)23-14-4-7-18-9-12(14)17/h2-4,6-7,9,11H,5,8,10H2,1H3. The van der Waals surface area contributed by atoms with E-state index in [1.54, 1.807) is 18.6 Å². The van der Waals surface area contributed by atoms with Crippen molar-refractivity contribution in [3.63, 3.8) is 0 Å². The summed E-state index contributed by atoms with van der Waals surface area (Å²) in [7, 11) is 2.01. The SMILES string of the molecule is Cn1c(N2CCC(Oc3ccncc3Br)C2)nc2cccnc21. The molecule has 23 heavy (non-hydrogen) atoms. The summed E-state index contributed by atoms with van der Waals surface area (Å²) in [4.78, 5) is 15.4. The smallest absolute Gasteiger partial charge is 0.207 e. The second kappa shape index (κ2) is 5.81. The number of fused-ring (bicyclic) bond motifs is 1. The predicted molar refractivity (Wildman–Crippen MR) is 91.7 cm³/mol. The van der Waals surface area contributed by atoms with Crippen LogP contribution in [0.1, 0.15) is 6.42 Å². The quantitative estimate of drug-likeness (QED) is 0.706. The van der Waals surface area contributed by atoms with Gasteiger partial charge in [0.15, 0.2) is 5.65 Å². The Bertz CT molecular complexity index is 849. The van der Waals surface area contributed by atoms with Crippen molar-refractivity contribution < 1.29 is 4.74 Å². The molecule has 0 aromatic carbocycles. The minimum atomic E-state index is 0.140. The number of aryl methyl sites for hydroxylation is 1. The Kier molecular flexibility index (Phi) is 3.65. The van der Waals surface area contributed by atoms with Gasteiger partial charge in [-0.05, 0) is 34.1 Å². The van der Waals surface area contributed by atoms with E-state index in [1.165, 1.54) is 0 Å². The second-order valence-electron chi connectivity index (χ2n) is 5.60. The topological polar surface area (TPSA) is 56.1 Å². The van der Waals surface area contributed by atoms with Gasteiger partial charge >= 0.3 is 0 Å². The molecule has 3 aromatic heterocycles. The third kappa shape index (κ3) is 2.65. The molecule has 6 nitrogen and oxygen atoms in total. The van der Waals surface area contributed by atoms with E-state index in [9.17, 15) is 0 Å². The maximum atomic E-state index is 6.09. The third-order valence-corrected chi connectivity index (χ3v) is 4.66. The van der Waals surface area contributed by atoms with Gasteiger partial charge in [-0.15, -0.1) is 0 Å². The van der Waals surface area contributed by atoms with Crippen LogP contribution in [-0.2, 0) is 7.05 Å². The summed E-state index contributed by atoms with van der Waals surface area (Å²) < 4.78 is 9.01. The Labute approximate surface area is 142 Å². The number of hydrogen-bond acceptors (Lipinski definition) is 5. The average molecular weight is 374 g/mol. The summed E-state index contributed by atoms with van der Waals surface area (Å²) in [6.07, 6.45) is 6.39. The first kappa shape index (κ1) is 14.4. The van der Waals surface area contributed by atoms with Gasteiger partial charge in [0.1, 0.15) is 17.4 Å². The monoisotopic (exact) mass is 373 g/mol. The van der Waals surface area contributed by atoms with Crippen LogP contribution < -0.4 is 9.64 Å². The lowest BCUT2D eigenvalue weighted by molar-refractivity contribution is 0.223. The van der Waals surface area contributed by atoms with E-state index < -0.39 is 0 Å². The number of nitrogens with zero attached hydrogens (tertiary/aromatic N) is 5. The molecule has 0 spiro atoms. The minimum absolute atomic E-state index is 0.140. The zero-order chi connectivity index (χ0) is 15.8. The Hall–Kier alpha value is -2.15. The molecule has 118 valence electrons. The molecule has 0 bridgehead atoms. The Morgan fingerprint density at radius 2 is 2.22 bits per heavy atom. The fraction of sp³-hybridized carbons (Fsp3) is 0.312. The van der Waals surface area contributed by atoms with Gasteiger partial charge in [-0.1, -0.05) is 0 Å². The van der Waals surface area contributed by atoms with Gasteiger partial charge in [0, 0.05) is 38.6 Å². The van der Waals surface area contributed by atoms with E-state index in [2.05, 4.69) is 30.8 Å². The number of ether oxygens (including phenoxy) is 1. The lowest BCUT2D eigenvalue weighted by atomic mass is 10.3. The summed E-state index contributed by atoms with van der Waals surface area (Å²) in [5, 5.41) is 0. The number of anilines is 1. The van der Waals surface area contributed by atoms with Crippen molar-refractivity contribution in [3.8, 4) is 5.75 Å². The van der Waals surface area contributed by atoms with Crippen molar-refractivity contribution in [1.82, 2.24) is 19.5 Å². The van der Waals surface area contributed by atoms with Crippen LogP contribution in [0.25, 0.3) is 11.2 Å². The van der Waals surface area contributed by atoms with E-state index in [0.717, 1.165) is 46.8 Å². The molecule has 4 heterocycles. The van der Waals surface area contributed by atoms with Crippen LogP contribution in [0.5, 0.6) is 5.75 Å². The van der Waals surface area contributed by atoms with Gasteiger partial charge in [-0.3, -0.25) is 9.55 Å². The normalized spacial score (nSPS) is 17.8. The van der Waals surface area contributed by atoms with Gasteiger partial charge in [-0.2, -0.15) is 0 Å². The fourth-order valence-electron chi connectivity index (χ4n) is 2.94. The van der Waals surface area contributed by atoms with Crippen LogP contribution in [0.15, 0.2) is 41.3 Å². The highest BCUT2D eigenvalue weighted by Gasteiger charge is 2.27. The van der Waals surface area contributed by atoms with Gasteiger partial charge in [-0.25, -0.2) is 9.97 Å². The molecular weight excluding hydrogens is 358 g/mol. The molecule has 0 aliphatic carbocycles. The number of rotatable bonds is 3. The average Bonchev–Trinajstić information content (AvgIpc) is 3.15. The molecule has 1 atom stereocenters. The fourth-order valence-corrected chi connectivity index (χ4v) is 3.28. The highest BCUT2D eigenvalue weighted by molar-refractivity contribution is 9.10. The molecule has 1 fully saturated rings. The van der Waals surface area contributed by atoms with Crippen molar-refractivity contribution >= 4 is 33.0 Å². The Morgan fingerprint density at radius 1 is 1.30 bits per heavy atom. The van der Waals surface area contributed by atoms with Crippen LogP contribution in [0.4, 0.5) is 5.95 Å². The predicted octanol–water partition coefficient (Wildman–Crippen LogP) is 2.78. The highest BCUT2D eigenvalue weighted by atomic mass is 79.9. The van der Waals surface area contributed by atoms with E-state index in [0.29, 0.717) is 0 Å². The maximum Gasteiger partial charge on any atom is 0.207 e. The van der Waals surface area contributed by atoms with Crippen LogP contribution in [-0.4, -0.2) is 38.7 Å². The first-order chi connectivity index (χ1) is 11.2. The van der Waals surface area contributed by atoms with Gasteiger partial charge in [0.2, 0.25) is 5.95 Å². The molecule has 1 aliphatic heterocycles. The molecule has 3 aromatic rings. The minimum Gasteiger partial charge on any atom is -0.487 e. The van der Waals surface area contributed by atoms with Crippen LogP contribution >= 0.6 is 15.9 Å². The molecule has 1 saturated heterocycles. The number of aromatic nitrogens is 4. The van der Waals surface area contributed by atoms with E-state index >= 15 is 0 Å². The molecule has 7 heteroatoms. The molecule has 0 N–H and O–H groups in total. The van der Waals surface area contributed by atoms with Crippen molar-refractivity contribution in [2.45, 2.75) is 12.5 Å². The maximum absolute atomic E-state index is 6.09. The lowest BCUT2D eigenvalue weighted by Crippen LogP contribution is -2.26. The van der Waals surface area contributed by atoms with Crippen LogP contribution in [0.3, 0.4) is 0 Å². The molecular formula is C16H16BrN5O.